The summed E-state index contributed by atoms with van der Waals surface area (Å²) < 4.78 is 1.77. The van der Waals surface area contributed by atoms with Gasteiger partial charge in [0.05, 0.1) is 12.2 Å². The molecule has 2 N–H and O–H groups in total. The number of carbonyl (C=O) groups is 1. The molecule has 2 rings (SSSR count). The Morgan fingerprint density at radius 2 is 2.05 bits per heavy atom. The van der Waals surface area contributed by atoms with Gasteiger partial charge in [-0.1, -0.05) is 18.2 Å². The Labute approximate surface area is 112 Å². The average molecular weight is 258 g/mol. The molecule has 0 atom stereocenters. The first-order valence-electron chi connectivity index (χ1n) is 6.20. The molecule has 1 heterocycles. The van der Waals surface area contributed by atoms with Crippen molar-refractivity contribution in [2.45, 2.75) is 13.5 Å². The minimum absolute atomic E-state index is 0.0484. The first-order valence-corrected chi connectivity index (χ1v) is 6.20. The molecule has 1 aromatic carbocycles. The summed E-state index contributed by atoms with van der Waals surface area (Å²) in [6.07, 6.45) is 1.96. The summed E-state index contributed by atoms with van der Waals surface area (Å²) in [6, 6.07) is 9.43. The number of nitrogens with zero attached hydrogens (tertiary/aromatic N) is 2. The van der Waals surface area contributed by atoms with Gasteiger partial charge >= 0.3 is 0 Å². The van der Waals surface area contributed by atoms with E-state index in [4.69, 9.17) is 0 Å². The third-order valence-electron chi connectivity index (χ3n) is 2.77. The molecule has 100 valence electrons. The number of aryl methyl sites for hydroxylation is 2. The molecule has 0 bridgehead atoms. The minimum Gasteiger partial charge on any atom is -0.325 e. The standard InChI is InChI=1S/C14H18N4O/c1-11-12(10-18(2)17-11)8-15-9-14(19)16-13-6-4-3-5-7-13/h3-7,10,15H,8-9H2,1-2H3,(H,16,19). The summed E-state index contributed by atoms with van der Waals surface area (Å²) in [7, 11) is 1.89. The van der Waals surface area contributed by atoms with E-state index in [1.807, 2.05) is 50.5 Å². The van der Waals surface area contributed by atoms with Gasteiger partial charge in [-0.3, -0.25) is 9.48 Å². The van der Waals surface area contributed by atoms with Gasteiger partial charge in [-0.25, -0.2) is 0 Å². The van der Waals surface area contributed by atoms with Crippen molar-refractivity contribution in [3.8, 4) is 0 Å². The Bertz CT molecular complexity index is 548. The predicted octanol–water partition coefficient (Wildman–Crippen LogP) is 1.46. The Morgan fingerprint density at radius 1 is 1.32 bits per heavy atom. The van der Waals surface area contributed by atoms with Crippen LogP contribution < -0.4 is 10.6 Å². The van der Waals surface area contributed by atoms with Crippen LogP contribution in [-0.4, -0.2) is 22.2 Å². The van der Waals surface area contributed by atoms with Crippen LogP contribution in [0.5, 0.6) is 0 Å². The maximum Gasteiger partial charge on any atom is 0.238 e. The fourth-order valence-corrected chi connectivity index (χ4v) is 1.86. The first-order chi connectivity index (χ1) is 9.15. The van der Waals surface area contributed by atoms with Crippen LogP contribution in [0, 0.1) is 6.92 Å². The number of hydrogen-bond donors (Lipinski definition) is 2. The lowest BCUT2D eigenvalue weighted by Crippen LogP contribution is -2.27. The summed E-state index contributed by atoms with van der Waals surface area (Å²) in [5.74, 6) is -0.0484. The number of para-hydroxylation sites is 1. The highest BCUT2D eigenvalue weighted by Crippen LogP contribution is 2.05. The summed E-state index contributed by atoms with van der Waals surface area (Å²) in [5.41, 5.74) is 2.90. The van der Waals surface area contributed by atoms with E-state index in [1.54, 1.807) is 4.68 Å². The number of hydrogen-bond acceptors (Lipinski definition) is 3. The number of rotatable bonds is 5. The molecule has 0 fully saturated rings. The van der Waals surface area contributed by atoms with Crippen molar-refractivity contribution in [2.75, 3.05) is 11.9 Å². The van der Waals surface area contributed by atoms with Crippen molar-refractivity contribution in [1.82, 2.24) is 15.1 Å². The van der Waals surface area contributed by atoms with Crippen LogP contribution in [0.1, 0.15) is 11.3 Å². The fourth-order valence-electron chi connectivity index (χ4n) is 1.86. The molecule has 1 amide bonds. The maximum atomic E-state index is 11.7. The summed E-state index contributed by atoms with van der Waals surface area (Å²) in [4.78, 5) is 11.7. The molecule has 19 heavy (non-hydrogen) atoms. The zero-order valence-corrected chi connectivity index (χ0v) is 11.2. The molecule has 0 saturated heterocycles. The van der Waals surface area contributed by atoms with Crippen molar-refractivity contribution in [3.63, 3.8) is 0 Å². The molecule has 0 aliphatic carbocycles. The predicted molar refractivity (Wildman–Crippen MR) is 74.7 cm³/mol. The molecule has 5 heteroatoms. The Balaban J connectivity index is 1.77. The maximum absolute atomic E-state index is 11.7. The number of aromatic nitrogens is 2. The largest absolute Gasteiger partial charge is 0.325 e. The van der Waals surface area contributed by atoms with Crippen LogP contribution >= 0.6 is 0 Å². The highest BCUT2D eigenvalue weighted by Gasteiger charge is 2.04. The molecule has 0 spiro atoms. The van der Waals surface area contributed by atoms with Crippen LogP contribution in [0.4, 0.5) is 5.69 Å². The van der Waals surface area contributed by atoms with Gasteiger partial charge in [0, 0.05) is 31.0 Å². The SMILES string of the molecule is Cc1nn(C)cc1CNCC(=O)Nc1ccccc1. The van der Waals surface area contributed by atoms with Gasteiger partial charge in [-0.2, -0.15) is 5.10 Å². The quantitative estimate of drug-likeness (QED) is 0.853. The topological polar surface area (TPSA) is 59.0 Å². The van der Waals surface area contributed by atoms with Crippen LogP contribution in [-0.2, 0) is 18.4 Å². The zero-order chi connectivity index (χ0) is 13.7. The fraction of sp³-hybridized carbons (Fsp3) is 0.286. The number of nitrogens with one attached hydrogen (secondary N) is 2. The Hall–Kier alpha value is -2.14. The smallest absolute Gasteiger partial charge is 0.238 e. The van der Waals surface area contributed by atoms with Gasteiger partial charge in [0.15, 0.2) is 0 Å². The zero-order valence-electron chi connectivity index (χ0n) is 11.2. The van der Waals surface area contributed by atoms with Gasteiger partial charge in [-0.15, -0.1) is 0 Å². The van der Waals surface area contributed by atoms with Crippen LogP contribution in [0.15, 0.2) is 36.5 Å². The molecule has 0 unspecified atom stereocenters. The molecule has 2 aromatic rings. The molecule has 0 saturated carbocycles. The molecule has 0 aliphatic heterocycles. The monoisotopic (exact) mass is 258 g/mol. The van der Waals surface area contributed by atoms with Crippen molar-refractivity contribution < 1.29 is 4.79 Å². The van der Waals surface area contributed by atoms with Gasteiger partial charge < -0.3 is 10.6 Å². The van der Waals surface area contributed by atoms with Crippen molar-refractivity contribution >= 4 is 11.6 Å². The minimum atomic E-state index is -0.0484. The van der Waals surface area contributed by atoms with E-state index in [0.29, 0.717) is 6.54 Å². The number of carbonyl (C=O) groups excluding carboxylic acids is 1. The molecular formula is C14H18N4O. The van der Waals surface area contributed by atoms with E-state index in [1.165, 1.54) is 0 Å². The second kappa shape index (κ2) is 6.15. The third kappa shape index (κ3) is 3.93. The highest BCUT2D eigenvalue weighted by molar-refractivity contribution is 5.92. The number of amides is 1. The summed E-state index contributed by atoms with van der Waals surface area (Å²) >= 11 is 0. The van der Waals surface area contributed by atoms with Crippen LogP contribution in [0.25, 0.3) is 0 Å². The van der Waals surface area contributed by atoms with Gasteiger partial charge in [0.2, 0.25) is 5.91 Å². The van der Waals surface area contributed by atoms with Crippen LogP contribution in [0.3, 0.4) is 0 Å². The lowest BCUT2D eigenvalue weighted by molar-refractivity contribution is -0.115. The van der Waals surface area contributed by atoms with E-state index in [9.17, 15) is 4.79 Å². The van der Waals surface area contributed by atoms with Crippen LogP contribution in [0.2, 0.25) is 0 Å². The lowest BCUT2D eigenvalue weighted by Gasteiger charge is -2.06. The van der Waals surface area contributed by atoms with E-state index in [2.05, 4.69) is 15.7 Å². The normalized spacial score (nSPS) is 10.4. The molecule has 0 aliphatic rings. The molecular weight excluding hydrogens is 240 g/mol. The summed E-state index contributed by atoms with van der Waals surface area (Å²) in [5, 5.41) is 10.2. The molecule has 0 radical (unpaired) electrons. The Morgan fingerprint density at radius 3 is 2.68 bits per heavy atom. The van der Waals surface area contributed by atoms with Gasteiger partial charge in [-0.05, 0) is 19.1 Å². The highest BCUT2D eigenvalue weighted by atomic mass is 16.1. The van der Waals surface area contributed by atoms with Crippen molar-refractivity contribution in [3.05, 3.63) is 47.8 Å². The third-order valence-corrected chi connectivity index (χ3v) is 2.77. The second-order valence-electron chi connectivity index (χ2n) is 4.43. The van der Waals surface area contributed by atoms with Gasteiger partial charge in [0.25, 0.3) is 0 Å². The summed E-state index contributed by atoms with van der Waals surface area (Å²) in [6.45, 7) is 2.88. The van der Waals surface area contributed by atoms with Crippen molar-refractivity contribution in [2.24, 2.45) is 7.05 Å². The molecule has 5 nitrogen and oxygen atoms in total. The van der Waals surface area contributed by atoms with Crippen molar-refractivity contribution in [1.29, 1.82) is 0 Å². The average Bonchev–Trinajstić information content (AvgIpc) is 2.69. The lowest BCUT2D eigenvalue weighted by atomic mass is 10.2. The van der Waals surface area contributed by atoms with E-state index in [-0.39, 0.29) is 12.5 Å². The van der Waals surface area contributed by atoms with Gasteiger partial charge in [0.1, 0.15) is 0 Å². The second-order valence-corrected chi connectivity index (χ2v) is 4.43. The molecule has 1 aromatic heterocycles. The van der Waals surface area contributed by atoms with E-state index in [0.717, 1.165) is 16.9 Å². The number of benzene rings is 1. The first kappa shape index (κ1) is 13.3. The van der Waals surface area contributed by atoms with E-state index < -0.39 is 0 Å². The Kier molecular flexibility index (Phi) is 4.30. The van der Waals surface area contributed by atoms with E-state index >= 15 is 0 Å². The number of anilines is 1.